The Morgan fingerprint density at radius 2 is 2.15 bits per heavy atom. The Hall–Kier alpha value is -2.14. The monoisotopic (exact) mass is 276 g/mol. The number of rotatable bonds is 6. The van der Waals surface area contributed by atoms with Crippen LogP contribution in [0.3, 0.4) is 0 Å². The number of methoxy groups -OCH3 is 1. The third-order valence-electron chi connectivity index (χ3n) is 2.75. The van der Waals surface area contributed by atoms with Gasteiger partial charge in [0, 0.05) is 18.8 Å². The minimum atomic E-state index is -0.314. The van der Waals surface area contributed by atoms with Gasteiger partial charge in [0.25, 0.3) is 0 Å². The van der Waals surface area contributed by atoms with Crippen molar-refractivity contribution in [3.63, 3.8) is 0 Å². The molecule has 1 N–H and O–H groups in total. The lowest BCUT2D eigenvalue weighted by Crippen LogP contribution is -2.06. The highest BCUT2D eigenvalue weighted by molar-refractivity contribution is 5.31. The zero-order chi connectivity index (χ0) is 14.4. The summed E-state index contributed by atoms with van der Waals surface area (Å²) < 4.78 is 24.2. The van der Waals surface area contributed by atoms with Crippen molar-refractivity contribution < 1.29 is 13.9 Å². The Labute approximate surface area is 117 Å². The van der Waals surface area contributed by atoms with Gasteiger partial charge in [-0.05, 0) is 36.9 Å². The number of pyridine rings is 1. The molecule has 1 heterocycles. The van der Waals surface area contributed by atoms with E-state index in [2.05, 4.69) is 10.3 Å². The van der Waals surface area contributed by atoms with Crippen LogP contribution in [0.4, 0.5) is 4.39 Å². The smallest absolute Gasteiger partial charge is 0.219 e. The number of aromatic nitrogens is 1. The number of benzene rings is 1. The Balaban J connectivity index is 2.10. The van der Waals surface area contributed by atoms with Crippen LogP contribution >= 0.6 is 0 Å². The first-order chi connectivity index (χ1) is 9.72. The summed E-state index contributed by atoms with van der Waals surface area (Å²) in [7, 11) is 3.37. The molecule has 2 aromatic rings. The van der Waals surface area contributed by atoms with E-state index in [-0.39, 0.29) is 12.4 Å². The van der Waals surface area contributed by atoms with Gasteiger partial charge in [0.1, 0.15) is 18.2 Å². The molecule has 1 aromatic heterocycles. The zero-order valence-corrected chi connectivity index (χ0v) is 11.5. The van der Waals surface area contributed by atoms with Crippen LogP contribution in [0, 0.1) is 5.82 Å². The van der Waals surface area contributed by atoms with E-state index in [0.29, 0.717) is 18.2 Å². The molecule has 0 atom stereocenters. The number of halogens is 1. The zero-order valence-electron chi connectivity index (χ0n) is 11.5. The normalized spacial score (nSPS) is 10.3. The van der Waals surface area contributed by atoms with Crippen molar-refractivity contribution in [1.29, 1.82) is 0 Å². The van der Waals surface area contributed by atoms with Crippen LogP contribution < -0.4 is 14.8 Å². The first kappa shape index (κ1) is 14.3. The van der Waals surface area contributed by atoms with Crippen LogP contribution in [0.15, 0.2) is 36.5 Å². The largest absolute Gasteiger partial charge is 0.489 e. The third-order valence-corrected chi connectivity index (χ3v) is 2.75. The molecule has 0 saturated heterocycles. The van der Waals surface area contributed by atoms with Gasteiger partial charge in [-0.3, -0.25) is 0 Å². The quantitative estimate of drug-likeness (QED) is 0.880. The molecule has 0 saturated carbocycles. The maximum absolute atomic E-state index is 13.5. The second kappa shape index (κ2) is 6.86. The number of nitrogens with one attached hydrogen (secondary N) is 1. The first-order valence-electron chi connectivity index (χ1n) is 6.27. The Morgan fingerprint density at radius 1 is 1.30 bits per heavy atom. The van der Waals surface area contributed by atoms with Crippen molar-refractivity contribution in [3.05, 3.63) is 53.5 Å². The van der Waals surface area contributed by atoms with Gasteiger partial charge in [0.2, 0.25) is 5.88 Å². The van der Waals surface area contributed by atoms with E-state index in [0.717, 1.165) is 11.1 Å². The summed E-state index contributed by atoms with van der Waals surface area (Å²) in [4.78, 5) is 4.09. The number of ether oxygens (including phenoxy) is 2. The Kier molecular flexibility index (Phi) is 4.90. The minimum absolute atomic E-state index is 0.277. The maximum Gasteiger partial charge on any atom is 0.219 e. The molecule has 0 spiro atoms. The standard InChI is InChI=1S/C15H17FN2O2/c1-17-9-11-6-13(16)8-14(7-11)20-10-12-4-3-5-18-15(12)19-2/h3-8,17H,9-10H2,1-2H3. The van der Waals surface area contributed by atoms with Crippen LogP contribution in [-0.2, 0) is 13.2 Å². The molecule has 4 nitrogen and oxygen atoms in total. The molecule has 0 radical (unpaired) electrons. The molecule has 0 aliphatic heterocycles. The van der Waals surface area contributed by atoms with Gasteiger partial charge in [0.05, 0.1) is 12.7 Å². The molecular weight excluding hydrogens is 259 g/mol. The van der Waals surface area contributed by atoms with Crippen LogP contribution in [0.2, 0.25) is 0 Å². The van der Waals surface area contributed by atoms with E-state index in [4.69, 9.17) is 9.47 Å². The van der Waals surface area contributed by atoms with Gasteiger partial charge in [-0.15, -0.1) is 0 Å². The lowest BCUT2D eigenvalue weighted by Gasteiger charge is -2.10. The second-order valence-corrected chi connectivity index (χ2v) is 4.29. The minimum Gasteiger partial charge on any atom is -0.489 e. The number of nitrogens with zero attached hydrogens (tertiary/aromatic N) is 1. The SMILES string of the molecule is CNCc1cc(F)cc(OCc2cccnc2OC)c1. The summed E-state index contributed by atoms with van der Waals surface area (Å²) in [5.41, 5.74) is 1.65. The van der Waals surface area contributed by atoms with Crippen LogP contribution in [-0.4, -0.2) is 19.1 Å². The van der Waals surface area contributed by atoms with Crippen molar-refractivity contribution in [2.75, 3.05) is 14.2 Å². The van der Waals surface area contributed by atoms with Gasteiger partial charge in [-0.25, -0.2) is 9.37 Å². The van der Waals surface area contributed by atoms with E-state index < -0.39 is 0 Å². The molecule has 0 aliphatic carbocycles. The van der Waals surface area contributed by atoms with Gasteiger partial charge in [-0.2, -0.15) is 0 Å². The Morgan fingerprint density at radius 3 is 2.90 bits per heavy atom. The summed E-state index contributed by atoms with van der Waals surface area (Å²) >= 11 is 0. The highest BCUT2D eigenvalue weighted by Gasteiger charge is 2.06. The fourth-order valence-electron chi connectivity index (χ4n) is 1.89. The Bertz CT molecular complexity index is 576. The van der Waals surface area contributed by atoms with Crippen molar-refractivity contribution in [3.8, 4) is 11.6 Å². The highest BCUT2D eigenvalue weighted by Crippen LogP contribution is 2.20. The summed E-state index contributed by atoms with van der Waals surface area (Å²) in [6.45, 7) is 0.865. The lowest BCUT2D eigenvalue weighted by molar-refractivity contribution is 0.292. The van der Waals surface area contributed by atoms with E-state index in [1.807, 2.05) is 19.2 Å². The number of hydrogen-bond acceptors (Lipinski definition) is 4. The molecule has 0 amide bonds. The lowest BCUT2D eigenvalue weighted by atomic mass is 10.2. The average molecular weight is 276 g/mol. The average Bonchev–Trinajstić information content (AvgIpc) is 2.45. The molecule has 20 heavy (non-hydrogen) atoms. The van der Waals surface area contributed by atoms with Gasteiger partial charge in [-0.1, -0.05) is 0 Å². The van der Waals surface area contributed by atoms with Crippen LogP contribution in [0.1, 0.15) is 11.1 Å². The predicted octanol–water partition coefficient (Wildman–Crippen LogP) is 2.53. The molecule has 2 rings (SSSR count). The molecule has 0 aliphatic rings. The highest BCUT2D eigenvalue weighted by atomic mass is 19.1. The molecule has 0 unspecified atom stereocenters. The first-order valence-corrected chi connectivity index (χ1v) is 6.27. The summed E-state index contributed by atoms with van der Waals surface area (Å²) in [6.07, 6.45) is 1.65. The van der Waals surface area contributed by atoms with E-state index in [9.17, 15) is 4.39 Å². The predicted molar refractivity (Wildman–Crippen MR) is 74.3 cm³/mol. The van der Waals surface area contributed by atoms with Crippen molar-refractivity contribution in [2.24, 2.45) is 0 Å². The van der Waals surface area contributed by atoms with E-state index in [1.54, 1.807) is 19.4 Å². The summed E-state index contributed by atoms with van der Waals surface area (Å²) in [5, 5.41) is 2.98. The maximum atomic E-state index is 13.5. The molecular formula is C15H17FN2O2. The second-order valence-electron chi connectivity index (χ2n) is 4.29. The summed E-state index contributed by atoms with van der Waals surface area (Å²) in [6, 6.07) is 8.32. The topological polar surface area (TPSA) is 43.4 Å². The van der Waals surface area contributed by atoms with E-state index in [1.165, 1.54) is 12.1 Å². The van der Waals surface area contributed by atoms with Gasteiger partial charge >= 0.3 is 0 Å². The van der Waals surface area contributed by atoms with Crippen LogP contribution in [0.5, 0.6) is 11.6 Å². The fraction of sp³-hybridized carbons (Fsp3) is 0.267. The van der Waals surface area contributed by atoms with Crippen molar-refractivity contribution >= 4 is 0 Å². The van der Waals surface area contributed by atoms with E-state index >= 15 is 0 Å². The molecule has 0 fully saturated rings. The van der Waals surface area contributed by atoms with Crippen LogP contribution in [0.25, 0.3) is 0 Å². The van der Waals surface area contributed by atoms with Crippen molar-refractivity contribution in [1.82, 2.24) is 10.3 Å². The van der Waals surface area contributed by atoms with Gasteiger partial charge < -0.3 is 14.8 Å². The third kappa shape index (κ3) is 3.68. The molecule has 0 bridgehead atoms. The molecule has 106 valence electrons. The summed E-state index contributed by atoms with van der Waals surface area (Å²) in [5.74, 6) is 0.686. The molecule has 5 heteroatoms. The molecule has 1 aromatic carbocycles. The van der Waals surface area contributed by atoms with Crippen molar-refractivity contribution in [2.45, 2.75) is 13.2 Å². The number of hydrogen-bond donors (Lipinski definition) is 1. The van der Waals surface area contributed by atoms with Gasteiger partial charge in [0.15, 0.2) is 0 Å². The fourth-order valence-corrected chi connectivity index (χ4v) is 1.89.